The van der Waals surface area contributed by atoms with Crippen LogP contribution in [0.15, 0.2) is 36.8 Å². The SMILES string of the molecule is CC(C)n1cncc1CN(C)Cc1cccc(O)c1. The molecule has 4 heteroatoms. The van der Waals surface area contributed by atoms with Crippen LogP contribution < -0.4 is 0 Å². The van der Waals surface area contributed by atoms with E-state index in [0.717, 1.165) is 18.7 Å². The molecule has 19 heavy (non-hydrogen) atoms. The van der Waals surface area contributed by atoms with Crippen LogP contribution >= 0.6 is 0 Å². The summed E-state index contributed by atoms with van der Waals surface area (Å²) < 4.78 is 2.18. The summed E-state index contributed by atoms with van der Waals surface area (Å²) >= 11 is 0. The highest BCUT2D eigenvalue weighted by molar-refractivity contribution is 5.27. The largest absolute Gasteiger partial charge is 0.508 e. The molecule has 4 nitrogen and oxygen atoms in total. The van der Waals surface area contributed by atoms with Crippen LogP contribution in [0.4, 0.5) is 0 Å². The van der Waals surface area contributed by atoms with Gasteiger partial charge in [0.1, 0.15) is 5.75 Å². The molecule has 0 bridgehead atoms. The first kappa shape index (κ1) is 13.6. The van der Waals surface area contributed by atoms with Gasteiger partial charge in [-0.2, -0.15) is 0 Å². The molecule has 0 aliphatic heterocycles. The summed E-state index contributed by atoms with van der Waals surface area (Å²) in [4.78, 5) is 6.43. The molecule has 1 heterocycles. The Balaban J connectivity index is 2.01. The minimum atomic E-state index is 0.318. The lowest BCUT2D eigenvalue weighted by Crippen LogP contribution is -2.19. The maximum absolute atomic E-state index is 9.47. The van der Waals surface area contributed by atoms with Crippen LogP contribution in [0.1, 0.15) is 31.1 Å². The molecule has 1 aromatic heterocycles. The van der Waals surface area contributed by atoms with E-state index in [2.05, 4.69) is 35.3 Å². The van der Waals surface area contributed by atoms with E-state index in [1.165, 1.54) is 5.69 Å². The minimum Gasteiger partial charge on any atom is -0.508 e. The zero-order valence-electron chi connectivity index (χ0n) is 11.7. The second-order valence-electron chi connectivity index (χ2n) is 5.23. The third-order valence-corrected chi connectivity index (χ3v) is 3.10. The second-order valence-corrected chi connectivity index (χ2v) is 5.23. The summed E-state index contributed by atoms with van der Waals surface area (Å²) in [6, 6.07) is 7.81. The van der Waals surface area contributed by atoms with E-state index in [1.807, 2.05) is 24.7 Å². The van der Waals surface area contributed by atoms with Crippen LogP contribution in [0.3, 0.4) is 0 Å². The number of aromatic nitrogens is 2. The predicted molar refractivity (Wildman–Crippen MR) is 75.9 cm³/mol. The fourth-order valence-electron chi connectivity index (χ4n) is 2.22. The van der Waals surface area contributed by atoms with Gasteiger partial charge >= 0.3 is 0 Å². The van der Waals surface area contributed by atoms with Crippen molar-refractivity contribution in [2.45, 2.75) is 33.0 Å². The molecule has 0 fully saturated rings. The van der Waals surface area contributed by atoms with E-state index in [0.29, 0.717) is 11.8 Å². The topological polar surface area (TPSA) is 41.3 Å². The molecule has 1 N–H and O–H groups in total. The van der Waals surface area contributed by atoms with Gasteiger partial charge in [0, 0.05) is 25.3 Å². The maximum atomic E-state index is 9.47. The number of nitrogens with zero attached hydrogens (tertiary/aromatic N) is 3. The van der Waals surface area contributed by atoms with Crippen molar-refractivity contribution in [3.8, 4) is 5.75 Å². The highest BCUT2D eigenvalue weighted by Gasteiger charge is 2.08. The van der Waals surface area contributed by atoms with Gasteiger partial charge in [-0.05, 0) is 38.6 Å². The van der Waals surface area contributed by atoms with E-state index in [1.54, 1.807) is 12.1 Å². The third kappa shape index (κ3) is 3.58. The molecule has 0 spiro atoms. The summed E-state index contributed by atoms with van der Waals surface area (Å²) in [5.41, 5.74) is 2.32. The van der Waals surface area contributed by atoms with Crippen molar-refractivity contribution >= 4 is 0 Å². The Bertz CT molecular complexity index is 534. The lowest BCUT2D eigenvalue weighted by atomic mass is 10.2. The number of hydrogen-bond acceptors (Lipinski definition) is 3. The van der Waals surface area contributed by atoms with Crippen LogP contribution in [0.5, 0.6) is 5.75 Å². The van der Waals surface area contributed by atoms with Gasteiger partial charge in [0.2, 0.25) is 0 Å². The van der Waals surface area contributed by atoms with Gasteiger partial charge in [0.25, 0.3) is 0 Å². The molecule has 0 aliphatic rings. The first-order valence-electron chi connectivity index (χ1n) is 6.53. The highest BCUT2D eigenvalue weighted by Crippen LogP contribution is 2.15. The molecule has 0 saturated heterocycles. The number of rotatable bonds is 5. The number of hydrogen-bond donors (Lipinski definition) is 1. The van der Waals surface area contributed by atoms with Gasteiger partial charge in [-0.25, -0.2) is 4.98 Å². The first-order chi connectivity index (χ1) is 9.06. The fraction of sp³-hybridized carbons (Fsp3) is 0.400. The summed E-state index contributed by atoms with van der Waals surface area (Å²) in [5.74, 6) is 0.318. The van der Waals surface area contributed by atoms with Gasteiger partial charge in [0.15, 0.2) is 0 Å². The summed E-state index contributed by atoms with van der Waals surface area (Å²) in [6.07, 6.45) is 3.79. The average molecular weight is 259 g/mol. The molecular formula is C15H21N3O. The third-order valence-electron chi connectivity index (χ3n) is 3.10. The van der Waals surface area contributed by atoms with Crippen molar-refractivity contribution in [1.82, 2.24) is 14.5 Å². The zero-order valence-corrected chi connectivity index (χ0v) is 11.7. The Kier molecular flexibility index (Phi) is 4.22. The fourth-order valence-corrected chi connectivity index (χ4v) is 2.22. The quantitative estimate of drug-likeness (QED) is 0.897. The lowest BCUT2D eigenvalue weighted by molar-refractivity contribution is 0.306. The second kappa shape index (κ2) is 5.89. The monoisotopic (exact) mass is 259 g/mol. The van der Waals surface area contributed by atoms with E-state index in [4.69, 9.17) is 0 Å². The molecule has 2 aromatic rings. The van der Waals surface area contributed by atoms with Crippen LogP contribution in [0.25, 0.3) is 0 Å². The Labute approximate surface area is 114 Å². The summed E-state index contributed by atoms with van der Waals surface area (Å²) in [7, 11) is 2.07. The first-order valence-corrected chi connectivity index (χ1v) is 6.53. The van der Waals surface area contributed by atoms with Crippen molar-refractivity contribution < 1.29 is 5.11 Å². The Morgan fingerprint density at radius 2 is 2.11 bits per heavy atom. The van der Waals surface area contributed by atoms with Crippen molar-refractivity contribution in [1.29, 1.82) is 0 Å². The van der Waals surface area contributed by atoms with Crippen molar-refractivity contribution in [2.24, 2.45) is 0 Å². The summed E-state index contributed by atoms with van der Waals surface area (Å²) in [6.45, 7) is 5.95. The van der Waals surface area contributed by atoms with Crippen molar-refractivity contribution in [3.63, 3.8) is 0 Å². The van der Waals surface area contributed by atoms with Crippen molar-refractivity contribution in [2.75, 3.05) is 7.05 Å². The molecule has 2 rings (SSSR count). The van der Waals surface area contributed by atoms with E-state index in [-0.39, 0.29) is 0 Å². The molecule has 0 amide bonds. The van der Waals surface area contributed by atoms with Crippen LogP contribution in [-0.2, 0) is 13.1 Å². The number of phenols is 1. The van der Waals surface area contributed by atoms with Gasteiger partial charge < -0.3 is 9.67 Å². The Morgan fingerprint density at radius 3 is 2.79 bits per heavy atom. The van der Waals surface area contributed by atoms with E-state index < -0.39 is 0 Å². The van der Waals surface area contributed by atoms with E-state index in [9.17, 15) is 5.11 Å². The molecule has 0 unspecified atom stereocenters. The van der Waals surface area contributed by atoms with Gasteiger partial charge in [0.05, 0.1) is 12.0 Å². The van der Waals surface area contributed by atoms with Crippen molar-refractivity contribution in [3.05, 3.63) is 48.0 Å². The summed E-state index contributed by atoms with van der Waals surface area (Å²) in [5, 5.41) is 9.47. The molecule has 0 radical (unpaired) electrons. The zero-order chi connectivity index (χ0) is 13.8. The number of imidazole rings is 1. The number of aromatic hydroxyl groups is 1. The van der Waals surface area contributed by atoms with Crippen LogP contribution in [0.2, 0.25) is 0 Å². The molecule has 0 saturated carbocycles. The standard InChI is InChI=1S/C15H21N3O/c1-12(2)18-11-16-8-14(18)10-17(3)9-13-5-4-6-15(19)7-13/h4-8,11-12,19H,9-10H2,1-3H3. The molecule has 1 aromatic carbocycles. The molecule has 0 atom stereocenters. The Hall–Kier alpha value is -1.81. The van der Waals surface area contributed by atoms with Gasteiger partial charge in [-0.15, -0.1) is 0 Å². The smallest absolute Gasteiger partial charge is 0.115 e. The van der Waals surface area contributed by atoms with Crippen LogP contribution in [-0.4, -0.2) is 26.6 Å². The van der Waals surface area contributed by atoms with Gasteiger partial charge in [-0.3, -0.25) is 4.90 Å². The number of phenolic OH excluding ortho intramolecular Hbond substituents is 1. The molecule has 102 valence electrons. The maximum Gasteiger partial charge on any atom is 0.115 e. The highest BCUT2D eigenvalue weighted by atomic mass is 16.3. The molecule has 0 aliphatic carbocycles. The van der Waals surface area contributed by atoms with E-state index >= 15 is 0 Å². The number of benzene rings is 1. The predicted octanol–water partition coefficient (Wildman–Crippen LogP) is 2.80. The lowest BCUT2D eigenvalue weighted by Gasteiger charge is -2.19. The molecular weight excluding hydrogens is 238 g/mol. The normalized spacial score (nSPS) is 11.4. The minimum absolute atomic E-state index is 0.318. The average Bonchev–Trinajstić information content (AvgIpc) is 2.76. The Morgan fingerprint density at radius 1 is 1.32 bits per heavy atom. The van der Waals surface area contributed by atoms with Gasteiger partial charge in [-0.1, -0.05) is 12.1 Å². The van der Waals surface area contributed by atoms with Crippen LogP contribution in [0, 0.1) is 0 Å².